The average Bonchev–Trinajstić information content (AvgIpc) is 3.07. The van der Waals surface area contributed by atoms with Gasteiger partial charge in [-0.2, -0.15) is 0 Å². The molecule has 0 aliphatic carbocycles. The lowest BCUT2D eigenvalue weighted by Gasteiger charge is -2.28. The zero-order valence-electron chi connectivity index (χ0n) is 23.8. The first-order valence-electron chi connectivity index (χ1n) is 13.1. The summed E-state index contributed by atoms with van der Waals surface area (Å²) in [5.74, 6) is 2.05. The van der Waals surface area contributed by atoms with Crippen LogP contribution in [0.1, 0.15) is 88.4 Å². The van der Waals surface area contributed by atoms with E-state index in [4.69, 9.17) is 10.1 Å². The van der Waals surface area contributed by atoms with Crippen LogP contribution in [-0.2, 0) is 17.3 Å². The number of nitrogens with one attached hydrogen (secondary N) is 1. The van der Waals surface area contributed by atoms with Gasteiger partial charge in [-0.05, 0) is 53.4 Å². The first-order valence-corrected chi connectivity index (χ1v) is 13.1. The lowest BCUT2D eigenvalue weighted by atomic mass is 9.78. The molecule has 0 spiro atoms. The second kappa shape index (κ2) is 12.0. The number of likely N-dealkylation sites (tertiary alicyclic amines) is 1. The van der Waals surface area contributed by atoms with Gasteiger partial charge in [-0.25, -0.2) is 0 Å². The van der Waals surface area contributed by atoms with E-state index in [1.165, 1.54) is 0 Å². The summed E-state index contributed by atoms with van der Waals surface area (Å²) in [6, 6.07) is 11.7. The van der Waals surface area contributed by atoms with Gasteiger partial charge in [0.1, 0.15) is 17.3 Å². The van der Waals surface area contributed by atoms with E-state index in [1.807, 2.05) is 35.2 Å². The van der Waals surface area contributed by atoms with Crippen LogP contribution >= 0.6 is 17.0 Å². The van der Waals surface area contributed by atoms with Crippen LogP contribution in [0.15, 0.2) is 36.4 Å². The summed E-state index contributed by atoms with van der Waals surface area (Å²) in [4.78, 5) is 15.6. The third-order valence-corrected chi connectivity index (χ3v) is 7.39. The van der Waals surface area contributed by atoms with Crippen molar-refractivity contribution in [1.29, 1.82) is 5.41 Å². The van der Waals surface area contributed by atoms with Gasteiger partial charge in [-0.15, -0.1) is 17.0 Å². The number of Topliss-reactive ketones (excluding diaryl/α,β-unsaturated/α-hetero) is 1. The Hall–Kier alpha value is -2.34. The minimum atomic E-state index is -0.299. The molecule has 1 heterocycles. The number of ether oxygens (including phenoxy) is 1. The number of halogens is 1. The van der Waals surface area contributed by atoms with Gasteiger partial charge in [-0.3, -0.25) is 10.2 Å². The van der Waals surface area contributed by atoms with E-state index >= 15 is 0 Å². The summed E-state index contributed by atoms with van der Waals surface area (Å²) >= 11 is 0. The van der Waals surface area contributed by atoms with Crippen LogP contribution in [0.2, 0.25) is 0 Å². The summed E-state index contributed by atoms with van der Waals surface area (Å²) in [6.07, 6.45) is 2.80. The summed E-state index contributed by atoms with van der Waals surface area (Å²) in [5, 5.41) is 20.1. The SMILES string of the molecule is Br.CCCC1CN(CC(=O)c2cc(C(C)(C)C)c(O)c(C(C)(C)C)c2)C(=N)C1Cc1ccccc1OC. The van der Waals surface area contributed by atoms with Gasteiger partial charge in [-0.1, -0.05) is 73.1 Å². The highest BCUT2D eigenvalue weighted by Gasteiger charge is 2.38. The monoisotopic (exact) mass is 572 g/mol. The van der Waals surface area contributed by atoms with E-state index in [2.05, 4.69) is 54.5 Å². The van der Waals surface area contributed by atoms with Gasteiger partial charge in [0.05, 0.1) is 13.7 Å². The number of benzene rings is 2. The topological polar surface area (TPSA) is 73.6 Å². The van der Waals surface area contributed by atoms with Crippen molar-refractivity contribution in [3.05, 3.63) is 58.7 Å². The molecule has 0 saturated carbocycles. The number of phenols is 1. The Labute approximate surface area is 233 Å². The summed E-state index contributed by atoms with van der Waals surface area (Å²) in [6.45, 7) is 15.4. The second-order valence-electron chi connectivity index (χ2n) is 12.3. The molecule has 0 aromatic heterocycles. The molecular weight excluding hydrogens is 528 g/mol. The number of hydrogen-bond acceptors (Lipinski definition) is 4. The number of carbonyl (C=O) groups is 1. The number of amidine groups is 1. The highest BCUT2D eigenvalue weighted by atomic mass is 79.9. The lowest BCUT2D eigenvalue weighted by molar-refractivity contribution is 0.0963. The van der Waals surface area contributed by atoms with Crippen LogP contribution in [0.25, 0.3) is 0 Å². The third kappa shape index (κ3) is 6.95. The van der Waals surface area contributed by atoms with Crippen molar-refractivity contribution >= 4 is 28.6 Å². The van der Waals surface area contributed by atoms with Gasteiger partial charge in [0.15, 0.2) is 5.78 Å². The molecule has 2 aromatic carbocycles. The Morgan fingerprint density at radius 1 is 1.08 bits per heavy atom. The molecule has 0 amide bonds. The molecule has 0 radical (unpaired) electrons. The highest BCUT2D eigenvalue weighted by Crippen LogP contribution is 2.40. The number of nitrogens with zero attached hydrogens (tertiary/aromatic N) is 1. The largest absolute Gasteiger partial charge is 0.507 e. The minimum absolute atomic E-state index is 0. The maximum absolute atomic E-state index is 13.6. The number of phenolic OH excluding ortho intramolecular Hbond substituents is 1. The Morgan fingerprint density at radius 3 is 2.16 bits per heavy atom. The molecule has 3 rings (SSSR count). The van der Waals surface area contributed by atoms with Crippen molar-refractivity contribution in [2.24, 2.45) is 11.8 Å². The van der Waals surface area contributed by atoms with Crippen molar-refractivity contribution in [2.75, 3.05) is 20.2 Å². The van der Waals surface area contributed by atoms with Crippen molar-refractivity contribution < 1.29 is 14.6 Å². The van der Waals surface area contributed by atoms with Gasteiger partial charge >= 0.3 is 0 Å². The fraction of sp³-hybridized carbons (Fsp3) is 0.548. The van der Waals surface area contributed by atoms with Crippen molar-refractivity contribution in [3.8, 4) is 11.5 Å². The first-order chi connectivity index (χ1) is 16.8. The van der Waals surface area contributed by atoms with Crippen LogP contribution in [0, 0.1) is 17.2 Å². The normalized spacial score (nSPS) is 18.1. The molecule has 1 aliphatic rings. The molecule has 1 fully saturated rings. The number of methoxy groups -OCH3 is 1. The molecule has 2 atom stereocenters. The lowest BCUT2D eigenvalue weighted by Crippen LogP contribution is -2.33. The molecule has 6 heteroatoms. The molecule has 2 unspecified atom stereocenters. The number of para-hydroxylation sites is 1. The van der Waals surface area contributed by atoms with Gasteiger partial charge in [0.25, 0.3) is 0 Å². The van der Waals surface area contributed by atoms with Crippen LogP contribution in [0.5, 0.6) is 11.5 Å². The van der Waals surface area contributed by atoms with E-state index in [-0.39, 0.29) is 51.8 Å². The molecular formula is C31H45BrN2O3. The van der Waals surface area contributed by atoms with Crippen molar-refractivity contribution in [3.63, 3.8) is 0 Å². The molecule has 1 saturated heterocycles. The molecule has 2 aromatic rings. The molecule has 37 heavy (non-hydrogen) atoms. The predicted molar refractivity (Wildman–Crippen MR) is 158 cm³/mol. The average molecular weight is 574 g/mol. The summed E-state index contributed by atoms with van der Waals surface area (Å²) in [7, 11) is 1.68. The Morgan fingerprint density at radius 2 is 1.65 bits per heavy atom. The number of hydrogen-bond donors (Lipinski definition) is 2. The molecule has 204 valence electrons. The van der Waals surface area contributed by atoms with Crippen molar-refractivity contribution in [1.82, 2.24) is 4.90 Å². The van der Waals surface area contributed by atoms with E-state index in [0.29, 0.717) is 23.9 Å². The molecule has 5 nitrogen and oxygen atoms in total. The zero-order chi connectivity index (χ0) is 26.8. The van der Waals surface area contributed by atoms with E-state index in [9.17, 15) is 9.90 Å². The van der Waals surface area contributed by atoms with Crippen LogP contribution in [-0.4, -0.2) is 41.8 Å². The van der Waals surface area contributed by atoms with E-state index in [1.54, 1.807) is 7.11 Å². The van der Waals surface area contributed by atoms with E-state index < -0.39 is 0 Å². The predicted octanol–water partition coefficient (Wildman–Crippen LogP) is 7.32. The number of rotatable bonds is 8. The second-order valence-corrected chi connectivity index (χ2v) is 12.3. The molecule has 1 aliphatic heterocycles. The van der Waals surface area contributed by atoms with Crippen LogP contribution in [0.3, 0.4) is 0 Å². The Kier molecular flexibility index (Phi) is 10.0. The maximum Gasteiger partial charge on any atom is 0.182 e. The fourth-order valence-corrected chi connectivity index (χ4v) is 5.35. The summed E-state index contributed by atoms with van der Waals surface area (Å²) < 4.78 is 5.56. The molecule has 0 bridgehead atoms. The smallest absolute Gasteiger partial charge is 0.182 e. The molecule has 2 N–H and O–H groups in total. The Bertz CT molecular complexity index is 1080. The summed E-state index contributed by atoms with van der Waals surface area (Å²) in [5.41, 5.74) is 2.68. The zero-order valence-corrected chi connectivity index (χ0v) is 25.5. The van der Waals surface area contributed by atoms with Gasteiger partial charge in [0.2, 0.25) is 0 Å². The first kappa shape index (κ1) is 30.9. The van der Waals surface area contributed by atoms with Crippen LogP contribution in [0.4, 0.5) is 0 Å². The standard InChI is InChI=1S/C31H44N2O3.BrH/c1-9-12-21-18-33(29(32)23(21)15-20-13-10-11-14-27(20)36-8)19-26(34)22-16-24(30(2,3)4)28(35)25(17-22)31(5,6)7;/h10-11,13-14,16-17,21,23,32,35H,9,12,15,18-19H2,1-8H3;1H. The fourth-order valence-electron chi connectivity index (χ4n) is 5.35. The van der Waals surface area contributed by atoms with Crippen LogP contribution < -0.4 is 4.74 Å². The third-order valence-electron chi connectivity index (χ3n) is 7.39. The Balaban J connectivity index is 0.00000481. The van der Waals surface area contributed by atoms with Crippen molar-refractivity contribution in [2.45, 2.75) is 78.6 Å². The van der Waals surface area contributed by atoms with Gasteiger partial charge in [0, 0.05) is 29.2 Å². The number of carbonyl (C=O) groups excluding carboxylic acids is 1. The van der Waals surface area contributed by atoms with Gasteiger partial charge < -0.3 is 14.7 Å². The quantitative estimate of drug-likeness (QED) is 0.325. The van der Waals surface area contributed by atoms with E-state index in [0.717, 1.165) is 41.7 Å². The maximum atomic E-state index is 13.6. The highest BCUT2D eigenvalue weighted by molar-refractivity contribution is 8.93. The number of ketones is 1. The number of aromatic hydroxyl groups is 1. The minimum Gasteiger partial charge on any atom is -0.507 e.